The summed E-state index contributed by atoms with van der Waals surface area (Å²) in [5.74, 6) is -0.792. The molecule has 2 aromatic heterocycles. The van der Waals surface area contributed by atoms with Crippen LogP contribution < -0.4 is 16.0 Å². The molecule has 0 aliphatic rings. The van der Waals surface area contributed by atoms with Crippen LogP contribution in [0.1, 0.15) is 16.6 Å². The molecule has 3 amide bonds. The van der Waals surface area contributed by atoms with Gasteiger partial charge in [-0.05, 0) is 29.6 Å². The SMILES string of the molecule is CC(=O)Nc1ccc2nc(NC(=O)CNC(=O)c3cccs3)sc2c1. The van der Waals surface area contributed by atoms with Gasteiger partial charge in [-0.25, -0.2) is 4.98 Å². The van der Waals surface area contributed by atoms with Crippen LogP contribution in [0.5, 0.6) is 0 Å². The molecule has 7 nitrogen and oxygen atoms in total. The van der Waals surface area contributed by atoms with Crippen molar-refractivity contribution in [3.63, 3.8) is 0 Å². The number of hydrogen-bond acceptors (Lipinski definition) is 6. The van der Waals surface area contributed by atoms with E-state index in [0.29, 0.717) is 15.7 Å². The van der Waals surface area contributed by atoms with Gasteiger partial charge in [-0.3, -0.25) is 14.4 Å². The maximum atomic E-state index is 12.0. The minimum atomic E-state index is -0.356. The van der Waals surface area contributed by atoms with Crippen molar-refractivity contribution in [3.05, 3.63) is 40.6 Å². The highest BCUT2D eigenvalue weighted by Crippen LogP contribution is 2.28. The number of nitrogens with zero attached hydrogens (tertiary/aromatic N) is 1. The lowest BCUT2D eigenvalue weighted by Gasteiger charge is -2.03. The van der Waals surface area contributed by atoms with Gasteiger partial charge in [0.05, 0.1) is 21.6 Å². The molecule has 0 unspecified atom stereocenters. The Balaban J connectivity index is 1.61. The standard InChI is InChI=1S/C16H14N4O3S2/c1-9(21)18-10-4-5-11-13(7-10)25-16(19-11)20-14(22)8-17-15(23)12-3-2-6-24-12/h2-7H,8H2,1H3,(H,17,23)(H,18,21)(H,19,20,22). The summed E-state index contributed by atoms with van der Waals surface area (Å²) in [5, 5.41) is 10.2. The van der Waals surface area contributed by atoms with E-state index in [1.54, 1.807) is 35.7 Å². The van der Waals surface area contributed by atoms with Crippen LogP contribution >= 0.6 is 22.7 Å². The third-order valence-electron chi connectivity index (χ3n) is 3.11. The third kappa shape index (κ3) is 4.40. The molecule has 3 N–H and O–H groups in total. The fourth-order valence-corrected chi connectivity index (χ4v) is 3.64. The monoisotopic (exact) mass is 374 g/mol. The highest BCUT2D eigenvalue weighted by molar-refractivity contribution is 7.22. The maximum absolute atomic E-state index is 12.0. The zero-order valence-corrected chi connectivity index (χ0v) is 14.8. The van der Waals surface area contributed by atoms with Crippen molar-refractivity contribution in [2.24, 2.45) is 0 Å². The Labute approximate surface area is 151 Å². The van der Waals surface area contributed by atoms with E-state index >= 15 is 0 Å². The predicted molar refractivity (Wildman–Crippen MR) is 99.2 cm³/mol. The number of nitrogens with one attached hydrogen (secondary N) is 3. The number of benzene rings is 1. The summed E-state index contributed by atoms with van der Waals surface area (Å²) in [6.07, 6.45) is 0. The molecule has 0 saturated carbocycles. The van der Waals surface area contributed by atoms with Gasteiger partial charge in [0.25, 0.3) is 5.91 Å². The van der Waals surface area contributed by atoms with E-state index in [-0.39, 0.29) is 24.3 Å². The van der Waals surface area contributed by atoms with Gasteiger partial charge in [0, 0.05) is 12.6 Å². The summed E-state index contributed by atoms with van der Waals surface area (Å²) in [5.41, 5.74) is 1.39. The molecule has 2 heterocycles. The second-order valence-corrected chi connectivity index (χ2v) is 7.07. The third-order valence-corrected chi connectivity index (χ3v) is 4.91. The number of fused-ring (bicyclic) bond motifs is 1. The number of carbonyl (C=O) groups excluding carboxylic acids is 3. The van der Waals surface area contributed by atoms with Crippen molar-refractivity contribution >= 4 is 61.4 Å². The summed E-state index contributed by atoms with van der Waals surface area (Å²) in [4.78, 5) is 39.7. The van der Waals surface area contributed by atoms with Crippen molar-refractivity contribution in [2.75, 3.05) is 17.2 Å². The van der Waals surface area contributed by atoms with E-state index < -0.39 is 0 Å². The molecule has 9 heteroatoms. The van der Waals surface area contributed by atoms with E-state index in [1.165, 1.54) is 29.6 Å². The van der Waals surface area contributed by atoms with Crippen LogP contribution in [0.3, 0.4) is 0 Å². The number of thiophene rings is 1. The van der Waals surface area contributed by atoms with Gasteiger partial charge in [0.2, 0.25) is 11.8 Å². The summed E-state index contributed by atoms with van der Waals surface area (Å²) in [7, 11) is 0. The smallest absolute Gasteiger partial charge is 0.261 e. The van der Waals surface area contributed by atoms with Crippen molar-refractivity contribution in [3.8, 4) is 0 Å². The van der Waals surface area contributed by atoms with E-state index in [4.69, 9.17) is 0 Å². The largest absolute Gasteiger partial charge is 0.342 e. The lowest BCUT2D eigenvalue weighted by molar-refractivity contribution is -0.115. The van der Waals surface area contributed by atoms with Crippen LogP contribution in [0.4, 0.5) is 10.8 Å². The Morgan fingerprint density at radius 1 is 1.16 bits per heavy atom. The molecule has 3 aromatic rings. The van der Waals surface area contributed by atoms with Gasteiger partial charge in [-0.1, -0.05) is 17.4 Å². The average molecular weight is 374 g/mol. The van der Waals surface area contributed by atoms with Crippen LogP contribution in [0.25, 0.3) is 10.2 Å². The first-order valence-electron chi connectivity index (χ1n) is 7.31. The summed E-state index contributed by atoms with van der Waals surface area (Å²) >= 11 is 2.60. The topological polar surface area (TPSA) is 100 Å². The molecule has 0 atom stereocenters. The van der Waals surface area contributed by atoms with Crippen LogP contribution in [0.15, 0.2) is 35.7 Å². The molecule has 1 aromatic carbocycles. The summed E-state index contributed by atoms with van der Waals surface area (Å²) in [6.45, 7) is 1.30. The van der Waals surface area contributed by atoms with E-state index in [9.17, 15) is 14.4 Å². The van der Waals surface area contributed by atoms with Crippen molar-refractivity contribution in [1.29, 1.82) is 0 Å². The highest BCUT2D eigenvalue weighted by Gasteiger charge is 2.11. The van der Waals surface area contributed by atoms with Crippen LogP contribution in [-0.2, 0) is 9.59 Å². The Morgan fingerprint density at radius 3 is 2.72 bits per heavy atom. The van der Waals surface area contributed by atoms with Crippen LogP contribution in [-0.4, -0.2) is 29.3 Å². The van der Waals surface area contributed by atoms with E-state index in [1.807, 2.05) is 0 Å². The Hall–Kier alpha value is -2.78. The first-order valence-corrected chi connectivity index (χ1v) is 9.00. The molecule has 0 aliphatic carbocycles. The van der Waals surface area contributed by atoms with Crippen LogP contribution in [0, 0.1) is 0 Å². The minimum Gasteiger partial charge on any atom is -0.342 e. The molecule has 0 fully saturated rings. The molecular formula is C16H14N4O3S2. The number of hydrogen-bond donors (Lipinski definition) is 3. The quantitative estimate of drug-likeness (QED) is 0.639. The Morgan fingerprint density at radius 2 is 2.00 bits per heavy atom. The molecule has 0 saturated heterocycles. The second-order valence-electron chi connectivity index (χ2n) is 5.09. The van der Waals surface area contributed by atoms with Gasteiger partial charge in [-0.15, -0.1) is 11.3 Å². The predicted octanol–water partition coefficient (Wildman–Crippen LogP) is 2.68. The highest BCUT2D eigenvalue weighted by atomic mass is 32.1. The molecule has 128 valence electrons. The Bertz CT molecular complexity index is 934. The molecule has 0 spiro atoms. The zero-order chi connectivity index (χ0) is 17.8. The molecule has 0 bridgehead atoms. The first kappa shape index (κ1) is 17.1. The fraction of sp³-hybridized carbons (Fsp3) is 0.125. The van der Waals surface area contributed by atoms with E-state index in [2.05, 4.69) is 20.9 Å². The molecule has 3 rings (SSSR count). The number of rotatable bonds is 5. The summed E-state index contributed by atoms with van der Waals surface area (Å²) in [6, 6.07) is 8.78. The van der Waals surface area contributed by atoms with Crippen molar-refractivity contribution < 1.29 is 14.4 Å². The van der Waals surface area contributed by atoms with E-state index in [0.717, 1.165) is 10.2 Å². The van der Waals surface area contributed by atoms with Crippen molar-refractivity contribution in [2.45, 2.75) is 6.92 Å². The molecule has 25 heavy (non-hydrogen) atoms. The first-order chi connectivity index (χ1) is 12.0. The number of thiazole rings is 1. The van der Waals surface area contributed by atoms with Crippen LogP contribution in [0.2, 0.25) is 0 Å². The van der Waals surface area contributed by atoms with Crippen molar-refractivity contribution in [1.82, 2.24) is 10.3 Å². The lowest BCUT2D eigenvalue weighted by Crippen LogP contribution is -2.32. The number of carbonyl (C=O) groups is 3. The molecule has 0 radical (unpaired) electrons. The lowest BCUT2D eigenvalue weighted by atomic mass is 10.3. The van der Waals surface area contributed by atoms with Gasteiger partial charge < -0.3 is 16.0 Å². The number of aromatic nitrogens is 1. The van der Waals surface area contributed by atoms with Gasteiger partial charge in [0.1, 0.15) is 0 Å². The Kier molecular flexibility index (Phi) is 5.05. The molecule has 0 aliphatic heterocycles. The van der Waals surface area contributed by atoms with Gasteiger partial charge in [0.15, 0.2) is 5.13 Å². The fourth-order valence-electron chi connectivity index (χ4n) is 2.08. The molecular weight excluding hydrogens is 360 g/mol. The zero-order valence-electron chi connectivity index (χ0n) is 13.2. The van der Waals surface area contributed by atoms with Gasteiger partial charge in [-0.2, -0.15) is 0 Å². The second kappa shape index (κ2) is 7.41. The number of amides is 3. The number of anilines is 2. The summed E-state index contributed by atoms with van der Waals surface area (Å²) < 4.78 is 0.837. The average Bonchev–Trinajstić information content (AvgIpc) is 3.20. The minimum absolute atomic E-state index is 0.135. The van der Waals surface area contributed by atoms with Gasteiger partial charge >= 0.3 is 0 Å². The maximum Gasteiger partial charge on any atom is 0.261 e. The normalized spacial score (nSPS) is 10.4.